The van der Waals surface area contributed by atoms with E-state index >= 15 is 0 Å². The molecule has 0 fully saturated rings. The van der Waals surface area contributed by atoms with Crippen LogP contribution in [0.5, 0.6) is 0 Å². The van der Waals surface area contributed by atoms with Gasteiger partial charge in [0.2, 0.25) is 0 Å². The lowest BCUT2D eigenvalue weighted by Crippen LogP contribution is -2.33. The Labute approximate surface area is 67.6 Å². The number of nitrogens with zero attached hydrogens (tertiary/aromatic N) is 2. The van der Waals surface area contributed by atoms with Crippen LogP contribution in [0.3, 0.4) is 0 Å². The van der Waals surface area contributed by atoms with Gasteiger partial charge in [0.05, 0.1) is 0 Å². The SMILES string of the molecule is CC1=CC(N(C)C)=NC1(C)N. The van der Waals surface area contributed by atoms with E-state index in [4.69, 9.17) is 5.73 Å². The molecule has 0 aromatic heterocycles. The summed E-state index contributed by atoms with van der Waals surface area (Å²) in [6.07, 6.45) is 2.01. The van der Waals surface area contributed by atoms with Gasteiger partial charge in [-0.3, -0.25) is 0 Å². The van der Waals surface area contributed by atoms with Crippen LogP contribution in [0.15, 0.2) is 16.6 Å². The molecule has 11 heavy (non-hydrogen) atoms. The van der Waals surface area contributed by atoms with E-state index in [0.29, 0.717) is 0 Å². The first-order valence-electron chi connectivity index (χ1n) is 3.68. The van der Waals surface area contributed by atoms with Gasteiger partial charge in [0.25, 0.3) is 0 Å². The van der Waals surface area contributed by atoms with Gasteiger partial charge in [-0.1, -0.05) is 0 Å². The van der Waals surface area contributed by atoms with Crippen LogP contribution in [0.1, 0.15) is 13.8 Å². The molecule has 3 heteroatoms. The fraction of sp³-hybridized carbons (Fsp3) is 0.625. The highest BCUT2D eigenvalue weighted by molar-refractivity contribution is 5.96. The van der Waals surface area contributed by atoms with E-state index in [0.717, 1.165) is 11.4 Å². The Morgan fingerprint density at radius 2 is 2.09 bits per heavy atom. The van der Waals surface area contributed by atoms with E-state index in [1.54, 1.807) is 0 Å². The first kappa shape index (κ1) is 8.27. The Balaban J connectivity index is 2.92. The summed E-state index contributed by atoms with van der Waals surface area (Å²) in [6, 6.07) is 0. The van der Waals surface area contributed by atoms with E-state index in [1.165, 1.54) is 0 Å². The molecule has 1 heterocycles. The Kier molecular flexibility index (Phi) is 1.76. The molecule has 1 aliphatic heterocycles. The van der Waals surface area contributed by atoms with E-state index in [9.17, 15) is 0 Å². The number of aliphatic imine (C=N–C) groups is 1. The second-order valence-electron chi connectivity index (χ2n) is 3.34. The highest BCUT2D eigenvalue weighted by Crippen LogP contribution is 2.21. The first-order chi connectivity index (χ1) is 4.93. The summed E-state index contributed by atoms with van der Waals surface area (Å²) in [5.74, 6) is 0.951. The summed E-state index contributed by atoms with van der Waals surface area (Å²) in [5, 5.41) is 0. The molecule has 62 valence electrons. The van der Waals surface area contributed by atoms with Gasteiger partial charge in [-0.15, -0.1) is 0 Å². The molecule has 1 rings (SSSR count). The standard InChI is InChI=1S/C8H15N3/c1-6-5-7(11(3)4)10-8(6,2)9/h5H,9H2,1-4H3. The lowest BCUT2D eigenvalue weighted by atomic mass is 10.1. The van der Waals surface area contributed by atoms with Crippen molar-refractivity contribution >= 4 is 5.84 Å². The number of amidine groups is 1. The van der Waals surface area contributed by atoms with Crippen molar-refractivity contribution in [3.05, 3.63) is 11.6 Å². The molecule has 0 aliphatic carbocycles. The smallest absolute Gasteiger partial charge is 0.129 e. The molecule has 1 aliphatic rings. The molecule has 2 N–H and O–H groups in total. The average molecular weight is 153 g/mol. The molecular formula is C8H15N3. The molecule has 1 unspecified atom stereocenters. The van der Waals surface area contributed by atoms with Crippen molar-refractivity contribution in [2.45, 2.75) is 19.5 Å². The maximum Gasteiger partial charge on any atom is 0.129 e. The zero-order valence-corrected chi connectivity index (χ0v) is 7.55. The fourth-order valence-electron chi connectivity index (χ4n) is 0.927. The number of hydrogen-bond acceptors (Lipinski definition) is 3. The second-order valence-corrected chi connectivity index (χ2v) is 3.34. The van der Waals surface area contributed by atoms with Crippen molar-refractivity contribution in [1.29, 1.82) is 0 Å². The van der Waals surface area contributed by atoms with Gasteiger partial charge in [-0.25, -0.2) is 4.99 Å². The molecular weight excluding hydrogens is 138 g/mol. The lowest BCUT2D eigenvalue weighted by Gasteiger charge is -2.16. The maximum atomic E-state index is 5.87. The van der Waals surface area contributed by atoms with E-state index < -0.39 is 5.66 Å². The summed E-state index contributed by atoms with van der Waals surface area (Å²) >= 11 is 0. The minimum absolute atomic E-state index is 0.487. The van der Waals surface area contributed by atoms with Gasteiger partial charge in [0.1, 0.15) is 11.5 Å². The number of rotatable bonds is 0. The van der Waals surface area contributed by atoms with Crippen LogP contribution in [0, 0.1) is 0 Å². The second kappa shape index (κ2) is 2.34. The molecule has 0 spiro atoms. The summed E-state index contributed by atoms with van der Waals surface area (Å²) < 4.78 is 0. The number of likely N-dealkylation sites (N-methyl/N-ethyl adjacent to an activating group) is 1. The average Bonchev–Trinajstić information content (AvgIpc) is 2.08. The summed E-state index contributed by atoms with van der Waals surface area (Å²) in [5.41, 5.74) is 6.49. The van der Waals surface area contributed by atoms with E-state index in [-0.39, 0.29) is 0 Å². The van der Waals surface area contributed by atoms with Crippen LogP contribution in [0.25, 0.3) is 0 Å². The predicted octanol–water partition coefficient (Wildman–Crippen LogP) is 0.581. The lowest BCUT2D eigenvalue weighted by molar-refractivity contribution is 0.569. The molecule has 0 radical (unpaired) electrons. The van der Waals surface area contributed by atoms with Crippen molar-refractivity contribution in [2.24, 2.45) is 10.7 Å². The zero-order chi connectivity index (χ0) is 8.65. The minimum Gasteiger partial charge on any atom is -0.363 e. The largest absolute Gasteiger partial charge is 0.363 e. The quantitative estimate of drug-likeness (QED) is 0.553. The van der Waals surface area contributed by atoms with Gasteiger partial charge in [0, 0.05) is 14.1 Å². The maximum absolute atomic E-state index is 5.87. The van der Waals surface area contributed by atoms with Crippen molar-refractivity contribution in [3.63, 3.8) is 0 Å². The van der Waals surface area contributed by atoms with Crippen LogP contribution in [0.2, 0.25) is 0 Å². The van der Waals surface area contributed by atoms with Crippen molar-refractivity contribution in [1.82, 2.24) is 4.90 Å². The molecule has 0 bridgehead atoms. The van der Waals surface area contributed by atoms with Gasteiger partial charge >= 0.3 is 0 Å². The summed E-state index contributed by atoms with van der Waals surface area (Å²) in [6.45, 7) is 3.91. The highest BCUT2D eigenvalue weighted by Gasteiger charge is 2.25. The monoisotopic (exact) mass is 153 g/mol. The van der Waals surface area contributed by atoms with Crippen LogP contribution in [-0.2, 0) is 0 Å². The molecule has 0 amide bonds. The van der Waals surface area contributed by atoms with Crippen LogP contribution in [0.4, 0.5) is 0 Å². The third kappa shape index (κ3) is 1.43. The van der Waals surface area contributed by atoms with Crippen molar-refractivity contribution in [2.75, 3.05) is 14.1 Å². The molecule has 0 aromatic rings. The molecule has 0 saturated heterocycles. The zero-order valence-electron chi connectivity index (χ0n) is 7.55. The highest BCUT2D eigenvalue weighted by atomic mass is 15.2. The van der Waals surface area contributed by atoms with Crippen LogP contribution < -0.4 is 5.73 Å². The number of hydrogen-bond donors (Lipinski definition) is 1. The van der Waals surface area contributed by atoms with Gasteiger partial charge in [-0.05, 0) is 25.5 Å². The Hall–Kier alpha value is -0.830. The van der Waals surface area contributed by atoms with Crippen LogP contribution in [-0.4, -0.2) is 30.5 Å². The predicted molar refractivity (Wildman–Crippen MR) is 47.5 cm³/mol. The Morgan fingerprint density at radius 3 is 2.27 bits per heavy atom. The number of nitrogens with two attached hydrogens (primary N) is 1. The molecule has 1 atom stereocenters. The molecule has 0 aromatic carbocycles. The van der Waals surface area contributed by atoms with Gasteiger partial charge in [-0.2, -0.15) is 0 Å². The van der Waals surface area contributed by atoms with E-state index in [2.05, 4.69) is 4.99 Å². The third-order valence-corrected chi connectivity index (χ3v) is 1.95. The normalized spacial score (nSPS) is 29.9. The topological polar surface area (TPSA) is 41.6 Å². The minimum atomic E-state index is -0.487. The molecule has 0 saturated carbocycles. The van der Waals surface area contributed by atoms with Crippen molar-refractivity contribution in [3.8, 4) is 0 Å². The van der Waals surface area contributed by atoms with Gasteiger partial charge in [0.15, 0.2) is 0 Å². The Morgan fingerprint density at radius 1 is 1.55 bits per heavy atom. The Bertz CT molecular complexity index is 223. The molecule has 3 nitrogen and oxygen atoms in total. The third-order valence-electron chi connectivity index (χ3n) is 1.95. The summed E-state index contributed by atoms with van der Waals surface area (Å²) in [4.78, 5) is 6.29. The first-order valence-corrected chi connectivity index (χ1v) is 3.68. The van der Waals surface area contributed by atoms with Crippen molar-refractivity contribution < 1.29 is 0 Å². The van der Waals surface area contributed by atoms with Gasteiger partial charge < -0.3 is 10.6 Å². The van der Waals surface area contributed by atoms with Crippen LogP contribution >= 0.6 is 0 Å². The summed E-state index contributed by atoms with van der Waals surface area (Å²) in [7, 11) is 3.92. The van der Waals surface area contributed by atoms with E-state index in [1.807, 2.05) is 38.9 Å². The fourth-order valence-corrected chi connectivity index (χ4v) is 0.927.